The van der Waals surface area contributed by atoms with Gasteiger partial charge in [0.05, 0.1) is 11.2 Å². The summed E-state index contributed by atoms with van der Waals surface area (Å²) in [6.45, 7) is 10.7. The highest BCUT2D eigenvalue weighted by Gasteiger charge is 2.25. The highest BCUT2D eigenvalue weighted by atomic mass is 16.6. The van der Waals surface area contributed by atoms with Gasteiger partial charge >= 0.3 is 6.09 Å². The lowest BCUT2D eigenvalue weighted by Crippen LogP contribution is -2.31. The number of para-hydroxylation sites is 1. The van der Waals surface area contributed by atoms with Crippen molar-refractivity contribution in [1.29, 1.82) is 0 Å². The summed E-state index contributed by atoms with van der Waals surface area (Å²) in [5.41, 5.74) is 2.06. The molecule has 1 aromatic heterocycles. The smallest absolute Gasteiger partial charge is 0.419 e. The Balaban J connectivity index is 2.23. The third kappa shape index (κ3) is 4.19. The van der Waals surface area contributed by atoms with Crippen LogP contribution in [0, 0.1) is 0 Å². The van der Waals surface area contributed by atoms with Crippen molar-refractivity contribution in [1.82, 2.24) is 9.47 Å². The van der Waals surface area contributed by atoms with E-state index in [0.717, 1.165) is 10.9 Å². The quantitative estimate of drug-likeness (QED) is 0.583. The molecule has 0 bridgehead atoms. The van der Waals surface area contributed by atoms with Gasteiger partial charge in [-0.25, -0.2) is 9.36 Å². The fraction of sp³-hybridized carbons (Fsp3) is 0.333. The highest BCUT2D eigenvalue weighted by molar-refractivity contribution is 6.04. The Hall–Kier alpha value is -3.08. The molecule has 0 saturated heterocycles. The number of benzene rings is 2. The summed E-state index contributed by atoms with van der Waals surface area (Å²) in [6, 6.07) is 17.0. The number of hydrogen-bond donors (Lipinski definition) is 0. The Kier molecular flexibility index (Phi) is 5.78. The molecule has 0 atom stereocenters. The summed E-state index contributed by atoms with van der Waals surface area (Å²) in [6.07, 6.45) is -0.459. The average Bonchev–Trinajstić information content (AvgIpc) is 3.07. The lowest BCUT2D eigenvalue weighted by molar-refractivity contribution is 0.0546. The minimum absolute atomic E-state index is 0.0494. The summed E-state index contributed by atoms with van der Waals surface area (Å²) < 4.78 is 7.24. The standard InChI is InChI=1S/C24H28N2O3/c1-6-25(7-2)22(27)19-14-10-9-13-18(19)21-16-17-12-8-11-15-20(17)26(21)23(28)29-24(3,4)5/h8-16H,6-7H2,1-5H3. The van der Waals surface area contributed by atoms with Crippen molar-refractivity contribution in [2.24, 2.45) is 0 Å². The molecule has 3 aromatic rings. The van der Waals surface area contributed by atoms with Crippen LogP contribution in [0.15, 0.2) is 54.6 Å². The predicted octanol–water partition coefficient (Wildman–Crippen LogP) is 5.57. The van der Waals surface area contributed by atoms with Gasteiger partial charge in [-0.15, -0.1) is 0 Å². The molecule has 0 spiro atoms. The summed E-state index contributed by atoms with van der Waals surface area (Å²) in [5.74, 6) is -0.0494. The van der Waals surface area contributed by atoms with Gasteiger partial charge in [0.15, 0.2) is 0 Å². The zero-order chi connectivity index (χ0) is 21.2. The number of hydrogen-bond acceptors (Lipinski definition) is 3. The molecule has 5 heteroatoms. The molecule has 1 heterocycles. The second kappa shape index (κ2) is 8.11. The van der Waals surface area contributed by atoms with Crippen molar-refractivity contribution in [2.45, 2.75) is 40.2 Å². The van der Waals surface area contributed by atoms with Crippen molar-refractivity contribution in [3.8, 4) is 11.3 Å². The molecular weight excluding hydrogens is 364 g/mol. The van der Waals surface area contributed by atoms with E-state index in [1.54, 1.807) is 9.47 Å². The Morgan fingerprint density at radius 2 is 1.59 bits per heavy atom. The van der Waals surface area contributed by atoms with E-state index in [4.69, 9.17) is 4.74 Å². The molecule has 0 N–H and O–H groups in total. The van der Waals surface area contributed by atoms with Crippen LogP contribution in [-0.4, -0.2) is 40.2 Å². The number of carbonyl (C=O) groups is 2. The number of rotatable bonds is 4. The van der Waals surface area contributed by atoms with E-state index in [1.807, 2.05) is 89.2 Å². The van der Waals surface area contributed by atoms with Crippen molar-refractivity contribution >= 4 is 22.9 Å². The fourth-order valence-corrected chi connectivity index (χ4v) is 3.43. The maximum atomic E-state index is 13.1. The van der Waals surface area contributed by atoms with Gasteiger partial charge < -0.3 is 9.64 Å². The number of aromatic nitrogens is 1. The van der Waals surface area contributed by atoms with Crippen LogP contribution in [0.4, 0.5) is 4.79 Å². The molecule has 3 rings (SSSR count). The third-order valence-corrected chi connectivity index (χ3v) is 4.77. The Labute approximate surface area is 171 Å². The Bertz CT molecular complexity index is 1040. The topological polar surface area (TPSA) is 51.5 Å². The van der Waals surface area contributed by atoms with Crippen molar-refractivity contribution in [3.63, 3.8) is 0 Å². The molecule has 0 aliphatic heterocycles. The lowest BCUT2D eigenvalue weighted by Gasteiger charge is -2.22. The van der Waals surface area contributed by atoms with Crippen LogP contribution in [0.2, 0.25) is 0 Å². The Morgan fingerprint density at radius 1 is 0.966 bits per heavy atom. The van der Waals surface area contributed by atoms with E-state index >= 15 is 0 Å². The van der Waals surface area contributed by atoms with Gasteiger partial charge in [-0.05, 0) is 52.8 Å². The SMILES string of the molecule is CCN(CC)C(=O)c1ccccc1-c1cc2ccccc2n1C(=O)OC(C)(C)C. The van der Waals surface area contributed by atoms with Gasteiger partial charge in [-0.1, -0.05) is 36.4 Å². The zero-order valence-corrected chi connectivity index (χ0v) is 17.7. The summed E-state index contributed by atoms with van der Waals surface area (Å²) in [4.78, 5) is 28.0. The number of ether oxygens (including phenoxy) is 1. The summed E-state index contributed by atoms with van der Waals surface area (Å²) >= 11 is 0. The molecule has 0 unspecified atom stereocenters. The van der Waals surface area contributed by atoms with Gasteiger partial charge in [0, 0.05) is 29.6 Å². The number of nitrogens with zero attached hydrogens (tertiary/aromatic N) is 2. The molecule has 0 fully saturated rings. The van der Waals surface area contributed by atoms with E-state index in [9.17, 15) is 9.59 Å². The normalized spacial score (nSPS) is 11.5. The van der Waals surface area contributed by atoms with Gasteiger partial charge in [-0.3, -0.25) is 4.79 Å². The molecule has 0 saturated carbocycles. The summed E-state index contributed by atoms with van der Waals surface area (Å²) in [7, 11) is 0. The monoisotopic (exact) mass is 392 g/mol. The largest absolute Gasteiger partial charge is 0.443 e. The average molecular weight is 392 g/mol. The van der Waals surface area contributed by atoms with Crippen LogP contribution < -0.4 is 0 Å². The van der Waals surface area contributed by atoms with Gasteiger partial charge in [-0.2, -0.15) is 0 Å². The van der Waals surface area contributed by atoms with E-state index in [0.29, 0.717) is 29.9 Å². The van der Waals surface area contributed by atoms with Gasteiger partial charge in [0.25, 0.3) is 5.91 Å². The first-order valence-corrected chi connectivity index (χ1v) is 9.99. The molecule has 1 amide bonds. The molecule has 0 aliphatic carbocycles. The van der Waals surface area contributed by atoms with E-state index in [1.165, 1.54) is 0 Å². The number of amides is 1. The maximum absolute atomic E-state index is 13.1. The van der Waals surface area contributed by atoms with Crippen LogP contribution in [-0.2, 0) is 4.74 Å². The summed E-state index contributed by atoms with van der Waals surface area (Å²) in [5, 5.41) is 0.915. The fourth-order valence-electron chi connectivity index (χ4n) is 3.43. The van der Waals surface area contributed by atoms with E-state index in [-0.39, 0.29) is 5.91 Å². The van der Waals surface area contributed by atoms with Crippen molar-refractivity contribution in [3.05, 3.63) is 60.2 Å². The van der Waals surface area contributed by atoms with Crippen LogP contribution >= 0.6 is 0 Å². The molecule has 29 heavy (non-hydrogen) atoms. The zero-order valence-electron chi connectivity index (χ0n) is 17.7. The second-order valence-corrected chi connectivity index (χ2v) is 7.93. The van der Waals surface area contributed by atoms with E-state index < -0.39 is 11.7 Å². The van der Waals surface area contributed by atoms with Gasteiger partial charge in [0.1, 0.15) is 5.60 Å². The lowest BCUT2D eigenvalue weighted by atomic mass is 10.0. The van der Waals surface area contributed by atoms with Crippen LogP contribution in [0.3, 0.4) is 0 Å². The molecule has 5 nitrogen and oxygen atoms in total. The maximum Gasteiger partial charge on any atom is 0.419 e. The molecule has 152 valence electrons. The van der Waals surface area contributed by atoms with Crippen LogP contribution in [0.1, 0.15) is 45.0 Å². The minimum atomic E-state index is -0.629. The molecular formula is C24H28N2O3. The first kappa shape index (κ1) is 20.6. The first-order valence-electron chi connectivity index (χ1n) is 9.99. The molecule has 0 radical (unpaired) electrons. The Morgan fingerprint density at radius 3 is 2.24 bits per heavy atom. The van der Waals surface area contributed by atoms with Crippen molar-refractivity contribution < 1.29 is 14.3 Å². The van der Waals surface area contributed by atoms with E-state index in [2.05, 4.69) is 0 Å². The van der Waals surface area contributed by atoms with Crippen LogP contribution in [0.25, 0.3) is 22.2 Å². The number of carbonyl (C=O) groups excluding carboxylic acids is 2. The molecule has 0 aliphatic rings. The number of fused-ring (bicyclic) bond motifs is 1. The predicted molar refractivity (Wildman–Crippen MR) is 116 cm³/mol. The van der Waals surface area contributed by atoms with Gasteiger partial charge in [0.2, 0.25) is 0 Å². The van der Waals surface area contributed by atoms with Crippen LogP contribution in [0.5, 0.6) is 0 Å². The third-order valence-electron chi connectivity index (χ3n) is 4.77. The first-order chi connectivity index (χ1) is 13.8. The second-order valence-electron chi connectivity index (χ2n) is 7.93. The highest BCUT2D eigenvalue weighted by Crippen LogP contribution is 2.32. The molecule has 2 aromatic carbocycles. The van der Waals surface area contributed by atoms with Crippen molar-refractivity contribution in [2.75, 3.05) is 13.1 Å². The minimum Gasteiger partial charge on any atom is -0.443 e.